The van der Waals surface area contributed by atoms with Crippen molar-refractivity contribution in [2.24, 2.45) is 0 Å². The maximum atomic E-state index is 13.6. The molecule has 1 aliphatic heterocycles. The van der Waals surface area contributed by atoms with Gasteiger partial charge in [-0.25, -0.2) is 8.42 Å². The van der Waals surface area contributed by atoms with E-state index >= 15 is 0 Å². The van der Waals surface area contributed by atoms with Gasteiger partial charge in [0.25, 0.3) is 0 Å². The van der Waals surface area contributed by atoms with Gasteiger partial charge in [0.05, 0.1) is 12.3 Å². The average Bonchev–Trinajstić information content (AvgIpc) is 2.95. The van der Waals surface area contributed by atoms with E-state index in [0.717, 1.165) is 36.8 Å². The molecule has 1 aliphatic carbocycles. The van der Waals surface area contributed by atoms with Gasteiger partial charge < -0.3 is 5.32 Å². The minimum absolute atomic E-state index is 0.0551. The zero-order chi connectivity index (χ0) is 22.8. The van der Waals surface area contributed by atoms with Gasteiger partial charge in [0.2, 0.25) is 21.8 Å². The van der Waals surface area contributed by atoms with E-state index in [-0.39, 0.29) is 36.7 Å². The molecule has 1 N–H and O–H groups in total. The summed E-state index contributed by atoms with van der Waals surface area (Å²) in [4.78, 5) is 28.4. The molecule has 0 radical (unpaired) electrons. The third-order valence-electron chi connectivity index (χ3n) is 6.44. The fraction of sp³-hybridized carbons (Fsp3) is 0.652. The fourth-order valence-corrected chi connectivity index (χ4v) is 5.91. The van der Waals surface area contributed by atoms with E-state index in [1.165, 1.54) is 22.0 Å². The van der Waals surface area contributed by atoms with E-state index in [9.17, 15) is 18.0 Å². The molecule has 2 aliphatic rings. The van der Waals surface area contributed by atoms with Crippen LogP contribution in [0, 0.1) is 13.8 Å². The lowest BCUT2D eigenvalue weighted by Gasteiger charge is -2.47. The second kappa shape index (κ2) is 9.28. The Morgan fingerprint density at radius 3 is 2.23 bits per heavy atom. The molecule has 1 aromatic carbocycles. The van der Waals surface area contributed by atoms with Crippen LogP contribution in [0.3, 0.4) is 0 Å². The molecule has 2 amide bonds. The maximum absolute atomic E-state index is 13.6. The second-order valence-corrected chi connectivity index (χ2v) is 11.4. The predicted molar refractivity (Wildman–Crippen MR) is 122 cm³/mol. The van der Waals surface area contributed by atoms with Crippen molar-refractivity contribution in [3.8, 4) is 0 Å². The van der Waals surface area contributed by atoms with Crippen LogP contribution in [0.4, 0.5) is 5.69 Å². The van der Waals surface area contributed by atoms with Crippen molar-refractivity contribution in [2.45, 2.75) is 77.8 Å². The molecule has 8 heteroatoms. The predicted octanol–water partition coefficient (Wildman–Crippen LogP) is 2.90. The Bertz CT molecular complexity index is 918. The molecule has 0 unspecified atom stereocenters. The van der Waals surface area contributed by atoms with Crippen LogP contribution in [0.25, 0.3) is 0 Å². The number of rotatable bonds is 5. The number of aryl methyl sites for hydroxylation is 2. The quantitative estimate of drug-likeness (QED) is 0.701. The number of carbonyl (C=O) groups is 2. The van der Waals surface area contributed by atoms with Crippen molar-refractivity contribution in [1.29, 1.82) is 0 Å². The summed E-state index contributed by atoms with van der Waals surface area (Å²) in [7, 11) is -3.61. The number of hydrogen-bond donors (Lipinski definition) is 1. The molecule has 2 fully saturated rings. The number of benzene rings is 1. The molecular formula is C23H35N3O4S. The molecule has 1 saturated heterocycles. The Labute approximate surface area is 186 Å². The Morgan fingerprint density at radius 2 is 1.68 bits per heavy atom. The number of hydrogen-bond acceptors (Lipinski definition) is 4. The van der Waals surface area contributed by atoms with Gasteiger partial charge in [0.1, 0.15) is 5.54 Å². The van der Waals surface area contributed by atoms with Gasteiger partial charge in [-0.1, -0.05) is 31.7 Å². The van der Waals surface area contributed by atoms with Gasteiger partial charge in [-0.2, -0.15) is 4.31 Å². The average molecular weight is 450 g/mol. The molecule has 0 bridgehead atoms. The van der Waals surface area contributed by atoms with Crippen LogP contribution in [0.2, 0.25) is 0 Å². The zero-order valence-corrected chi connectivity index (χ0v) is 19.9. The van der Waals surface area contributed by atoms with Gasteiger partial charge >= 0.3 is 0 Å². The van der Waals surface area contributed by atoms with Crippen LogP contribution in [0.5, 0.6) is 0 Å². The van der Waals surface area contributed by atoms with Crippen LogP contribution in [-0.4, -0.2) is 55.0 Å². The van der Waals surface area contributed by atoms with Crippen molar-refractivity contribution >= 4 is 27.5 Å². The van der Waals surface area contributed by atoms with Gasteiger partial charge in [-0.05, 0) is 63.8 Å². The highest BCUT2D eigenvalue weighted by molar-refractivity contribution is 7.89. The topological polar surface area (TPSA) is 86.8 Å². The lowest BCUT2D eigenvalue weighted by molar-refractivity contribution is -0.133. The molecule has 7 nitrogen and oxygen atoms in total. The highest BCUT2D eigenvalue weighted by atomic mass is 32.2. The van der Waals surface area contributed by atoms with Crippen LogP contribution < -0.4 is 10.2 Å². The number of amides is 2. The maximum Gasteiger partial charge on any atom is 0.247 e. The minimum Gasteiger partial charge on any atom is -0.351 e. The largest absolute Gasteiger partial charge is 0.351 e. The zero-order valence-electron chi connectivity index (χ0n) is 19.1. The van der Waals surface area contributed by atoms with Crippen molar-refractivity contribution in [3.63, 3.8) is 0 Å². The van der Waals surface area contributed by atoms with Crippen molar-refractivity contribution in [1.82, 2.24) is 9.62 Å². The smallest absolute Gasteiger partial charge is 0.247 e. The third kappa shape index (κ3) is 5.12. The second-order valence-electron chi connectivity index (χ2n) is 9.18. The van der Waals surface area contributed by atoms with E-state index in [2.05, 4.69) is 5.32 Å². The molecule has 31 heavy (non-hydrogen) atoms. The number of piperazine rings is 1. The highest BCUT2D eigenvalue weighted by Crippen LogP contribution is 2.32. The fourth-order valence-electron chi connectivity index (χ4n) is 4.79. The van der Waals surface area contributed by atoms with Crippen LogP contribution >= 0.6 is 0 Å². The molecule has 0 spiro atoms. The molecule has 1 atom stereocenters. The summed E-state index contributed by atoms with van der Waals surface area (Å²) in [5.74, 6) is -0.779. The van der Waals surface area contributed by atoms with E-state index in [1.54, 1.807) is 13.8 Å². The molecule has 172 valence electrons. The first-order chi connectivity index (χ1) is 14.6. The number of nitrogens with one attached hydrogen (secondary N) is 1. The Balaban J connectivity index is 2.00. The van der Waals surface area contributed by atoms with E-state index in [4.69, 9.17) is 0 Å². The summed E-state index contributed by atoms with van der Waals surface area (Å²) in [6.45, 7) is 6.82. The normalized spacial score (nSPS) is 24.1. The van der Waals surface area contributed by atoms with E-state index in [0.29, 0.717) is 5.69 Å². The Hall–Kier alpha value is -1.93. The number of sulfonamides is 1. The number of nitrogens with zero attached hydrogens (tertiary/aromatic N) is 2. The lowest BCUT2D eigenvalue weighted by atomic mass is 9.93. The summed E-state index contributed by atoms with van der Waals surface area (Å²) >= 11 is 0. The lowest BCUT2D eigenvalue weighted by Crippen LogP contribution is -2.71. The highest BCUT2D eigenvalue weighted by Gasteiger charge is 2.51. The van der Waals surface area contributed by atoms with E-state index < -0.39 is 15.6 Å². The minimum atomic E-state index is -3.61. The van der Waals surface area contributed by atoms with Gasteiger partial charge in [0, 0.05) is 18.3 Å². The summed E-state index contributed by atoms with van der Waals surface area (Å²) in [6, 6.07) is 5.83. The van der Waals surface area contributed by atoms with Gasteiger partial charge in [0.15, 0.2) is 0 Å². The van der Waals surface area contributed by atoms with Crippen molar-refractivity contribution < 1.29 is 18.0 Å². The third-order valence-corrected chi connectivity index (χ3v) is 8.22. The number of carbonyl (C=O) groups excluding carboxylic acids is 2. The van der Waals surface area contributed by atoms with Crippen LogP contribution in [0.15, 0.2) is 18.2 Å². The standard InChI is InChI=1S/C23H35N3O4S/c1-5-31(29,30)25-15-21(27)26(20-13-17(2)12-18(3)14-20)23(4,16-25)22(28)24-19-10-8-6-7-9-11-19/h12-14,19H,5-11,15-16H2,1-4H3,(H,24,28)/t23-/m0/s1. The van der Waals surface area contributed by atoms with Gasteiger partial charge in [-0.15, -0.1) is 0 Å². The number of anilines is 1. The molecule has 3 rings (SSSR count). The first-order valence-corrected chi connectivity index (χ1v) is 12.9. The van der Waals surface area contributed by atoms with Crippen molar-refractivity contribution in [3.05, 3.63) is 29.3 Å². The summed E-state index contributed by atoms with van der Waals surface area (Å²) in [5.41, 5.74) is 1.27. The van der Waals surface area contributed by atoms with Crippen LogP contribution in [-0.2, 0) is 19.6 Å². The monoisotopic (exact) mass is 449 g/mol. The Kier molecular flexibility index (Phi) is 7.11. The molecule has 0 aromatic heterocycles. The summed E-state index contributed by atoms with van der Waals surface area (Å²) in [5, 5.41) is 3.15. The first-order valence-electron chi connectivity index (χ1n) is 11.3. The van der Waals surface area contributed by atoms with Gasteiger partial charge in [-0.3, -0.25) is 14.5 Å². The SMILES string of the molecule is CCS(=O)(=O)N1CC(=O)N(c2cc(C)cc(C)c2)[C@](C)(C(=O)NC2CCCCCC2)C1. The van der Waals surface area contributed by atoms with Crippen LogP contribution in [0.1, 0.15) is 63.5 Å². The molecule has 1 aromatic rings. The van der Waals surface area contributed by atoms with Crippen molar-refractivity contribution in [2.75, 3.05) is 23.7 Å². The first kappa shape index (κ1) is 23.7. The molecule has 1 heterocycles. The summed E-state index contributed by atoms with van der Waals surface area (Å²) < 4.78 is 26.4. The molecular weight excluding hydrogens is 414 g/mol. The Morgan fingerprint density at radius 1 is 1.10 bits per heavy atom. The van der Waals surface area contributed by atoms with E-state index in [1.807, 2.05) is 32.0 Å². The summed E-state index contributed by atoms with van der Waals surface area (Å²) in [6.07, 6.45) is 6.29. The molecule has 1 saturated carbocycles.